The zero-order chi connectivity index (χ0) is 24.1. The monoisotopic (exact) mass is 448 g/mol. The lowest BCUT2D eigenvalue weighted by molar-refractivity contribution is -0.136. The molecule has 0 aliphatic heterocycles. The van der Waals surface area contributed by atoms with Gasteiger partial charge in [0.05, 0.1) is 17.8 Å². The molecule has 1 aromatic heterocycles. The van der Waals surface area contributed by atoms with Crippen LogP contribution in [-0.4, -0.2) is 21.8 Å². The van der Waals surface area contributed by atoms with Gasteiger partial charge >= 0.3 is 0 Å². The molecule has 3 aromatic carbocycles. The second-order valence-electron chi connectivity index (χ2n) is 7.96. The van der Waals surface area contributed by atoms with Crippen molar-refractivity contribution in [2.24, 2.45) is 5.10 Å². The maximum absolute atomic E-state index is 13.2. The highest BCUT2D eigenvalue weighted by molar-refractivity contribution is 5.91. The largest absolute Gasteiger partial charge is 0.372 e. The molecule has 0 bridgehead atoms. The number of nitrogens with one attached hydrogen (secondary N) is 1. The standard InChI is InChI=1S/C28H24N4O2/c1-20-17-23(21(2)32(20)26-15-13-22(18-29)14-16-26)19-30-31-27(33)28(34,24-9-5-3-6-10-24)25-11-7-4-8-12-25/h3-17,19,34H,1-2H3,(H,31,33)/b30-19-. The molecule has 0 fully saturated rings. The van der Waals surface area contributed by atoms with Gasteiger partial charge in [-0.3, -0.25) is 4.79 Å². The Kier molecular flexibility index (Phi) is 6.39. The highest BCUT2D eigenvalue weighted by Crippen LogP contribution is 2.30. The molecule has 0 spiro atoms. The van der Waals surface area contributed by atoms with Gasteiger partial charge in [0.15, 0.2) is 5.60 Å². The minimum atomic E-state index is -1.89. The fraction of sp³-hybridized carbons (Fsp3) is 0.107. The third-order valence-corrected chi connectivity index (χ3v) is 5.81. The molecule has 0 saturated heterocycles. The lowest BCUT2D eigenvalue weighted by atomic mass is 9.85. The number of benzene rings is 3. The summed E-state index contributed by atoms with van der Waals surface area (Å²) in [5.74, 6) is -0.651. The number of amides is 1. The Bertz CT molecular complexity index is 1330. The highest BCUT2D eigenvalue weighted by atomic mass is 16.3. The van der Waals surface area contributed by atoms with Crippen molar-refractivity contribution >= 4 is 12.1 Å². The first-order chi connectivity index (χ1) is 16.4. The molecule has 0 aliphatic carbocycles. The molecular formula is C28H24N4O2. The number of nitriles is 1. The maximum Gasteiger partial charge on any atom is 0.281 e. The fourth-order valence-corrected chi connectivity index (χ4v) is 4.03. The summed E-state index contributed by atoms with van der Waals surface area (Å²) < 4.78 is 2.05. The van der Waals surface area contributed by atoms with E-state index in [0.717, 1.165) is 22.6 Å². The minimum absolute atomic E-state index is 0.452. The zero-order valence-electron chi connectivity index (χ0n) is 18.9. The number of nitrogens with zero attached hydrogens (tertiary/aromatic N) is 3. The van der Waals surface area contributed by atoms with Crippen molar-refractivity contribution in [3.63, 3.8) is 0 Å². The number of rotatable bonds is 6. The minimum Gasteiger partial charge on any atom is -0.372 e. The van der Waals surface area contributed by atoms with Crippen molar-refractivity contribution in [3.05, 3.63) is 125 Å². The number of aliphatic hydroxyl groups is 1. The second kappa shape index (κ2) is 9.57. The Balaban J connectivity index is 1.60. The number of carbonyl (C=O) groups excluding carboxylic acids is 1. The van der Waals surface area contributed by atoms with Crippen LogP contribution in [-0.2, 0) is 10.4 Å². The fourth-order valence-electron chi connectivity index (χ4n) is 4.03. The van der Waals surface area contributed by atoms with Gasteiger partial charge in [0.1, 0.15) is 0 Å². The van der Waals surface area contributed by atoms with E-state index < -0.39 is 11.5 Å². The predicted octanol–water partition coefficient (Wildman–Crippen LogP) is 4.35. The lowest BCUT2D eigenvalue weighted by Gasteiger charge is -2.27. The van der Waals surface area contributed by atoms with Crippen LogP contribution in [0.2, 0.25) is 0 Å². The average molecular weight is 449 g/mol. The first-order valence-electron chi connectivity index (χ1n) is 10.8. The molecule has 4 aromatic rings. The summed E-state index contributed by atoms with van der Waals surface area (Å²) >= 11 is 0. The summed E-state index contributed by atoms with van der Waals surface area (Å²) in [4.78, 5) is 13.2. The molecule has 0 radical (unpaired) electrons. The van der Waals surface area contributed by atoms with E-state index in [1.165, 1.54) is 0 Å². The van der Waals surface area contributed by atoms with Crippen molar-refractivity contribution in [2.45, 2.75) is 19.4 Å². The van der Waals surface area contributed by atoms with E-state index in [2.05, 4.69) is 21.2 Å². The van der Waals surface area contributed by atoms with Crippen molar-refractivity contribution in [1.82, 2.24) is 9.99 Å². The van der Waals surface area contributed by atoms with Crippen LogP contribution in [0.5, 0.6) is 0 Å². The molecule has 34 heavy (non-hydrogen) atoms. The van der Waals surface area contributed by atoms with Gasteiger partial charge in [-0.05, 0) is 55.3 Å². The van der Waals surface area contributed by atoms with Crippen LogP contribution in [0, 0.1) is 25.2 Å². The number of carbonyl (C=O) groups is 1. The third kappa shape index (κ3) is 4.25. The number of hydrazone groups is 1. The summed E-state index contributed by atoms with van der Waals surface area (Å²) in [7, 11) is 0. The Morgan fingerprint density at radius 3 is 2.06 bits per heavy atom. The van der Waals surface area contributed by atoms with Crippen molar-refractivity contribution in [3.8, 4) is 11.8 Å². The quantitative estimate of drug-likeness (QED) is 0.339. The van der Waals surface area contributed by atoms with Gasteiger partial charge < -0.3 is 9.67 Å². The van der Waals surface area contributed by atoms with E-state index in [4.69, 9.17) is 5.26 Å². The third-order valence-electron chi connectivity index (χ3n) is 5.81. The molecular weight excluding hydrogens is 424 g/mol. The molecule has 2 N–H and O–H groups in total. The summed E-state index contributed by atoms with van der Waals surface area (Å²) in [5, 5.41) is 24.7. The van der Waals surface area contributed by atoms with Gasteiger partial charge in [-0.1, -0.05) is 60.7 Å². The van der Waals surface area contributed by atoms with E-state index >= 15 is 0 Å². The summed E-state index contributed by atoms with van der Waals surface area (Å²) in [6, 6.07) is 29.0. The van der Waals surface area contributed by atoms with E-state index in [-0.39, 0.29) is 0 Å². The van der Waals surface area contributed by atoms with Crippen LogP contribution >= 0.6 is 0 Å². The first kappa shape index (κ1) is 22.7. The second-order valence-corrected chi connectivity index (χ2v) is 7.96. The van der Waals surface area contributed by atoms with Gasteiger partial charge in [-0.25, -0.2) is 5.43 Å². The Morgan fingerprint density at radius 1 is 0.971 bits per heavy atom. The lowest BCUT2D eigenvalue weighted by Crippen LogP contribution is -2.43. The summed E-state index contributed by atoms with van der Waals surface area (Å²) in [5.41, 5.74) is 5.80. The molecule has 0 unspecified atom stereocenters. The summed E-state index contributed by atoms with van der Waals surface area (Å²) in [6.45, 7) is 3.93. The first-order valence-corrected chi connectivity index (χ1v) is 10.8. The molecule has 6 heteroatoms. The molecule has 168 valence electrons. The number of hydrogen-bond donors (Lipinski definition) is 2. The topological polar surface area (TPSA) is 90.4 Å². The van der Waals surface area contributed by atoms with Crippen molar-refractivity contribution < 1.29 is 9.90 Å². The Morgan fingerprint density at radius 2 is 1.53 bits per heavy atom. The Hall–Kier alpha value is -4.47. The number of hydrogen-bond acceptors (Lipinski definition) is 4. The van der Waals surface area contributed by atoms with Gasteiger partial charge in [-0.2, -0.15) is 10.4 Å². The smallest absolute Gasteiger partial charge is 0.281 e. The predicted molar refractivity (Wildman–Crippen MR) is 132 cm³/mol. The molecule has 1 heterocycles. The molecule has 6 nitrogen and oxygen atoms in total. The highest BCUT2D eigenvalue weighted by Gasteiger charge is 2.39. The maximum atomic E-state index is 13.2. The normalized spacial score (nSPS) is 11.4. The SMILES string of the molecule is Cc1cc(/C=N\NC(=O)C(O)(c2ccccc2)c2ccccc2)c(C)n1-c1ccc(C#N)cc1. The zero-order valence-corrected chi connectivity index (χ0v) is 18.9. The molecule has 0 aliphatic rings. The molecule has 4 rings (SSSR count). The van der Waals surface area contributed by atoms with Crippen LogP contribution in [0.25, 0.3) is 5.69 Å². The number of aryl methyl sites for hydroxylation is 1. The van der Waals surface area contributed by atoms with Crippen LogP contribution in [0.3, 0.4) is 0 Å². The Labute approximate surface area is 198 Å². The summed E-state index contributed by atoms with van der Waals surface area (Å²) in [6.07, 6.45) is 1.57. The van der Waals surface area contributed by atoms with Gasteiger partial charge in [0, 0.05) is 22.6 Å². The van der Waals surface area contributed by atoms with Crippen LogP contribution < -0.4 is 5.43 Å². The van der Waals surface area contributed by atoms with Crippen LogP contribution in [0.4, 0.5) is 0 Å². The van der Waals surface area contributed by atoms with Gasteiger partial charge in [-0.15, -0.1) is 0 Å². The molecule has 0 atom stereocenters. The number of aromatic nitrogens is 1. The van der Waals surface area contributed by atoms with Crippen molar-refractivity contribution in [1.29, 1.82) is 5.26 Å². The van der Waals surface area contributed by atoms with Crippen LogP contribution in [0.15, 0.2) is 96.1 Å². The van der Waals surface area contributed by atoms with E-state index in [1.54, 1.807) is 66.9 Å². The van der Waals surface area contributed by atoms with Gasteiger partial charge in [0.2, 0.25) is 0 Å². The average Bonchev–Trinajstić information content (AvgIpc) is 3.17. The van der Waals surface area contributed by atoms with E-state index in [9.17, 15) is 9.90 Å². The van der Waals surface area contributed by atoms with Crippen LogP contribution in [0.1, 0.15) is 33.6 Å². The van der Waals surface area contributed by atoms with E-state index in [0.29, 0.717) is 16.7 Å². The van der Waals surface area contributed by atoms with Gasteiger partial charge in [0.25, 0.3) is 5.91 Å². The van der Waals surface area contributed by atoms with E-state index in [1.807, 2.05) is 44.2 Å². The van der Waals surface area contributed by atoms with Crippen molar-refractivity contribution in [2.75, 3.05) is 0 Å². The molecule has 1 amide bonds. The molecule has 0 saturated carbocycles.